The number of rotatable bonds is 4. The molecule has 3 rings (SSSR count). The first kappa shape index (κ1) is 15.3. The number of benzene rings is 1. The van der Waals surface area contributed by atoms with Crippen molar-refractivity contribution in [3.05, 3.63) is 53.3 Å². The van der Waals surface area contributed by atoms with E-state index in [4.69, 9.17) is 21.2 Å². The summed E-state index contributed by atoms with van der Waals surface area (Å²) in [6, 6.07) is 10.8. The summed E-state index contributed by atoms with van der Waals surface area (Å²) >= 11 is 5.93. The van der Waals surface area contributed by atoms with Crippen LogP contribution in [0.2, 0.25) is 5.15 Å². The number of methoxy groups -OCH3 is 1. The molecular formula is C16H14ClN3O3. The van der Waals surface area contributed by atoms with Crippen LogP contribution in [0.3, 0.4) is 0 Å². The number of carbonyl (C=O) groups excluding carboxylic acids is 1. The summed E-state index contributed by atoms with van der Waals surface area (Å²) in [5.41, 5.74) is 1.91. The molecule has 1 amide bonds. The van der Waals surface area contributed by atoms with Gasteiger partial charge in [0.1, 0.15) is 5.75 Å². The number of ether oxygens (including phenoxy) is 1. The molecule has 2 aromatic rings. The zero-order chi connectivity index (χ0) is 16.2. The lowest BCUT2D eigenvalue weighted by Gasteiger charge is -2.10. The van der Waals surface area contributed by atoms with Gasteiger partial charge < -0.3 is 14.9 Å². The zero-order valence-electron chi connectivity index (χ0n) is 12.3. The number of hydrogen-bond donors (Lipinski definition) is 1. The summed E-state index contributed by atoms with van der Waals surface area (Å²) < 4.78 is 5.30. The molecule has 0 bridgehead atoms. The van der Waals surface area contributed by atoms with E-state index in [0.717, 1.165) is 5.56 Å². The molecule has 0 saturated carbocycles. The quantitative estimate of drug-likeness (QED) is 0.874. The molecule has 0 unspecified atom stereocenters. The average molecular weight is 332 g/mol. The van der Waals surface area contributed by atoms with Crippen LogP contribution >= 0.6 is 11.6 Å². The van der Waals surface area contributed by atoms with E-state index in [1.165, 1.54) is 0 Å². The van der Waals surface area contributed by atoms with Crippen LogP contribution in [-0.4, -0.2) is 29.8 Å². The fraction of sp³-hybridized carbons (Fsp3) is 0.188. The minimum absolute atomic E-state index is 0.227. The van der Waals surface area contributed by atoms with Crippen molar-refractivity contribution in [2.24, 2.45) is 5.16 Å². The van der Waals surface area contributed by atoms with E-state index < -0.39 is 6.10 Å². The summed E-state index contributed by atoms with van der Waals surface area (Å²) in [5, 5.41) is 6.92. The Labute approximate surface area is 138 Å². The average Bonchev–Trinajstić information content (AvgIpc) is 3.07. The van der Waals surface area contributed by atoms with Crippen LogP contribution in [0.5, 0.6) is 5.75 Å². The van der Waals surface area contributed by atoms with Crippen LogP contribution in [0, 0.1) is 0 Å². The maximum absolute atomic E-state index is 12.3. The summed E-state index contributed by atoms with van der Waals surface area (Å²) in [6.07, 6.45) is 1.18. The van der Waals surface area contributed by atoms with E-state index >= 15 is 0 Å². The standard InChI is InChI=1S/C16H14ClN3O3/c1-22-13-7-3-2-5-10(13)12-9-14(23-20-12)16(21)19-11-6-4-8-18-15(11)17/h2-8,14H,9H2,1H3,(H,19,21)/t14-/m0/s1. The lowest BCUT2D eigenvalue weighted by molar-refractivity contribution is -0.125. The van der Waals surface area contributed by atoms with E-state index in [1.54, 1.807) is 25.4 Å². The molecule has 1 aliphatic rings. The molecule has 0 saturated heterocycles. The third-order valence-corrected chi connectivity index (χ3v) is 3.70. The van der Waals surface area contributed by atoms with Crippen molar-refractivity contribution in [2.45, 2.75) is 12.5 Å². The molecule has 0 spiro atoms. The van der Waals surface area contributed by atoms with E-state index in [9.17, 15) is 4.79 Å². The zero-order valence-corrected chi connectivity index (χ0v) is 13.1. The predicted octanol–water partition coefficient (Wildman–Crippen LogP) is 2.88. The Bertz CT molecular complexity index is 764. The van der Waals surface area contributed by atoms with Gasteiger partial charge in [-0.2, -0.15) is 0 Å². The van der Waals surface area contributed by atoms with E-state index in [0.29, 0.717) is 23.6 Å². The van der Waals surface area contributed by atoms with Crippen molar-refractivity contribution in [1.29, 1.82) is 0 Å². The maximum atomic E-state index is 12.3. The monoisotopic (exact) mass is 331 g/mol. The number of nitrogens with zero attached hydrogens (tertiary/aromatic N) is 2. The Kier molecular flexibility index (Phi) is 4.43. The van der Waals surface area contributed by atoms with Gasteiger partial charge in [0.2, 0.25) is 6.10 Å². The molecule has 7 heteroatoms. The van der Waals surface area contributed by atoms with Crippen molar-refractivity contribution in [1.82, 2.24) is 4.98 Å². The van der Waals surface area contributed by atoms with Gasteiger partial charge in [-0.25, -0.2) is 4.98 Å². The van der Waals surface area contributed by atoms with Gasteiger partial charge in [-0.3, -0.25) is 4.79 Å². The Morgan fingerprint density at radius 3 is 2.96 bits per heavy atom. The minimum Gasteiger partial charge on any atom is -0.496 e. The molecule has 1 N–H and O–H groups in total. The van der Waals surface area contributed by atoms with Gasteiger partial charge in [0.25, 0.3) is 5.91 Å². The summed E-state index contributed by atoms with van der Waals surface area (Å²) in [7, 11) is 1.59. The van der Waals surface area contributed by atoms with Crippen LogP contribution < -0.4 is 10.1 Å². The maximum Gasteiger partial charge on any atom is 0.268 e. The van der Waals surface area contributed by atoms with E-state index in [2.05, 4.69) is 15.5 Å². The Morgan fingerprint density at radius 2 is 2.17 bits per heavy atom. The normalized spacial score (nSPS) is 16.4. The number of carbonyl (C=O) groups is 1. The first-order valence-corrected chi connectivity index (χ1v) is 7.34. The predicted molar refractivity (Wildman–Crippen MR) is 86.9 cm³/mol. The molecule has 0 aliphatic carbocycles. The SMILES string of the molecule is COc1ccccc1C1=NO[C@H](C(=O)Nc2cccnc2Cl)C1. The summed E-state index contributed by atoms with van der Waals surface area (Å²) in [6.45, 7) is 0. The Balaban J connectivity index is 1.69. The molecule has 2 heterocycles. The van der Waals surface area contributed by atoms with Crippen LogP contribution in [0.15, 0.2) is 47.8 Å². The highest BCUT2D eigenvalue weighted by Crippen LogP contribution is 2.25. The molecule has 0 radical (unpaired) electrons. The number of para-hydroxylation sites is 1. The fourth-order valence-corrected chi connectivity index (χ4v) is 2.42. The van der Waals surface area contributed by atoms with Crippen LogP contribution in [0.25, 0.3) is 0 Å². The second kappa shape index (κ2) is 6.66. The van der Waals surface area contributed by atoms with Gasteiger partial charge in [-0.1, -0.05) is 28.9 Å². The summed E-state index contributed by atoms with van der Waals surface area (Å²) in [4.78, 5) is 21.4. The number of anilines is 1. The first-order valence-electron chi connectivity index (χ1n) is 6.96. The molecule has 118 valence electrons. The van der Waals surface area contributed by atoms with Crippen molar-refractivity contribution >= 4 is 28.9 Å². The van der Waals surface area contributed by atoms with Gasteiger partial charge >= 0.3 is 0 Å². The minimum atomic E-state index is -0.716. The van der Waals surface area contributed by atoms with E-state index in [1.807, 2.05) is 24.3 Å². The van der Waals surface area contributed by atoms with Crippen molar-refractivity contribution in [3.63, 3.8) is 0 Å². The second-order valence-corrected chi connectivity index (χ2v) is 5.23. The van der Waals surface area contributed by atoms with Crippen LogP contribution in [-0.2, 0) is 9.63 Å². The molecule has 6 nitrogen and oxygen atoms in total. The largest absolute Gasteiger partial charge is 0.496 e. The number of halogens is 1. The van der Waals surface area contributed by atoms with Crippen molar-refractivity contribution in [2.75, 3.05) is 12.4 Å². The van der Waals surface area contributed by atoms with Gasteiger partial charge in [0.15, 0.2) is 5.15 Å². The molecule has 23 heavy (non-hydrogen) atoms. The van der Waals surface area contributed by atoms with Crippen molar-refractivity contribution in [3.8, 4) is 5.75 Å². The first-order chi connectivity index (χ1) is 11.2. The lowest BCUT2D eigenvalue weighted by Crippen LogP contribution is -2.28. The second-order valence-electron chi connectivity index (χ2n) is 4.87. The van der Waals surface area contributed by atoms with Gasteiger partial charge in [0, 0.05) is 18.2 Å². The molecule has 0 fully saturated rings. The topological polar surface area (TPSA) is 72.8 Å². The Hall–Kier alpha value is -2.60. The molecule has 1 aromatic heterocycles. The van der Waals surface area contributed by atoms with Crippen LogP contribution in [0.1, 0.15) is 12.0 Å². The van der Waals surface area contributed by atoms with Gasteiger partial charge in [-0.15, -0.1) is 0 Å². The van der Waals surface area contributed by atoms with E-state index in [-0.39, 0.29) is 11.1 Å². The third-order valence-electron chi connectivity index (χ3n) is 3.40. The molecule has 1 aliphatic heterocycles. The molecular weight excluding hydrogens is 318 g/mol. The highest BCUT2D eigenvalue weighted by molar-refractivity contribution is 6.32. The molecule has 1 aromatic carbocycles. The Morgan fingerprint density at radius 1 is 1.35 bits per heavy atom. The number of amides is 1. The number of aromatic nitrogens is 1. The molecule has 1 atom stereocenters. The highest BCUT2D eigenvalue weighted by atomic mass is 35.5. The number of hydrogen-bond acceptors (Lipinski definition) is 5. The highest BCUT2D eigenvalue weighted by Gasteiger charge is 2.30. The van der Waals surface area contributed by atoms with Crippen LogP contribution in [0.4, 0.5) is 5.69 Å². The summed E-state index contributed by atoms with van der Waals surface area (Å²) in [5.74, 6) is 0.361. The third kappa shape index (κ3) is 3.27. The number of nitrogens with one attached hydrogen (secondary N) is 1. The smallest absolute Gasteiger partial charge is 0.268 e. The van der Waals surface area contributed by atoms with Gasteiger partial charge in [-0.05, 0) is 24.3 Å². The number of oxime groups is 1. The van der Waals surface area contributed by atoms with Gasteiger partial charge in [0.05, 0.1) is 18.5 Å². The number of pyridine rings is 1. The van der Waals surface area contributed by atoms with Crippen molar-refractivity contribution < 1.29 is 14.4 Å². The lowest BCUT2D eigenvalue weighted by atomic mass is 10.0. The fourth-order valence-electron chi connectivity index (χ4n) is 2.25.